The Bertz CT molecular complexity index is 1150. The van der Waals surface area contributed by atoms with Crippen molar-refractivity contribution in [2.75, 3.05) is 24.6 Å². The Kier molecular flexibility index (Phi) is 24.4. The summed E-state index contributed by atoms with van der Waals surface area (Å²) in [6.45, 7) is 1.14. The van der Waals surface area contributed by atoms with Crippen molar-refractivity contribution < 1.29 is 9.59 Å². The summed E-state index contributed by atoms with van der Waals surface area (Å²) in [4.78, 5) is 43.0. The van der Waals surface area contributed by atoms with Gasteiger partial charge in [0.15, 0.2) is 22.2 Å². The molecule has 0 saturated heterocycles. The van der Waals surface area contributed by atoms with Crippen LogP contribution in [0.2, 0.25) is 0 Å². The molecular formula is C36H64N10O2S2. The first-order valence-corrected chi connectivity index (χ1v) is 20.5. The van der Waals surface area contributed by atoms with Gasteiger partial charge in [-0.05, 0) is 38.5 Å². The van der Waals surface area contributed by atoms with Crippen LogP contribution in [0.3, 0.4) is 0 Å². The molecule has 2 aromatic rings. The molecule has 0 bridgehead atoms. The molecule has 0 aliphatic rings. The van der Waals surface area contributed by atoms with Crippen molar-refractivity contribution in [3.8, 4) is 0 Å². The van der Waals surface area contributed by atoms with Gasteiger partial charge in [0.1, 0.15) is 0 Å². The van der Waals surface area contributed by atoms with Gasteiger partial charge in [-0.2, -0.15) is 0 Å². The zero-order valence-electron chi connectivity index (χ0n) is 30.3. The quantitative estimate of drug-likeness (QED) is 0.0291. The summed E-state index contributed by atoms with van der Waals surface area (Å²) < 4.78 is 0. The minimum Gasteiger partial charge on any atom is -0.375 e. The highest BCUT2D eigenvalue weighted by Crippen LogP contribution is 2.17. The lowest BCUT2D eigenvalue weighted by molar-refractivity contribution is -0.120. The number of guanidine groups is 2. The largest absolute Gasteiger partial charge is 0.375 e. The van der Waals surface area contributed by atoms with Crippen LogP contribution in [-0.2, 0) is 22.4 Å². The van der Waals surface area contributed by atoms with Crippen molar-refractivity contribution in [3.63, 3.8) is 0 Å². The highest BCUT2D eigenvalue weighted by Gasteiger charge is 2.05. The Morgan fingerprint density at radius 1 is 0.520 bits per heavy atom. The van der Waals surface area contributed by atoms with Gasteiger partial charge >= 0.3 is 0 Å². The van der Waals surface area contributed by atoms with Crippen molar-refractivity contribution >= 4 is 56.7 Å². The molecule has 2 rings (SSSR count). The van der Waals surface area contributed by atoms with Crippen LogP contribution >= 0.6 is 22.7 Å². The fourth-order valence-electron chi connectivity index (χ4n) is 5.67. The Balaban J connectivity index is 1.25. The van der Waals surface area contributed by atoms with Gasteiger partial charge < -0.3 is 22.9 Å². The van der Waals surface area contributed by atoms with Crippen molar-refractivity contribution in [3.05, 3.63) is 22.1 Å². The average molecular weight is 733 g/mol. The molecule has 50 heavy (non-hydrogen) atoms. The number of anilines is 2. The number of aromatic nitrogens is 2. The predicted molar refractivity (Wildman–Crippen MR) is 211 cm³/mol. The van der Waals surface area contributed by atoms with Crippen LogP contribution in [0.5, 0.6) is 0 Å². The maximum absolute atomic E-state index is 12.1. The van der Waals surface area contributed by atoms with E-state index in [4.69, 9.17) is 22.9 Å². The van der Waals surface area contributed by atoms with Crippen molar-refractivity contribution in [1.82, 2.24) is 20.6 Å². The summed E-state index contributed by atoms with van der Waals surface area (Å²) >= 11 is 2.98. The van der Waals surface area contributed by atoms with Gasteiger partial charge in [0, 0.05) is 48.1 Å². The van der Waals surface area contributed by atoms with E-state index in [1.807, 2.05) is 0 Å². The SMILES string of the molecule is NC(=NCCCc1cnc(N)s1)NC(=O)CCCCCCCCCCCCCCCCCCCCC(=O)NC(N)=NCCCc1cnc(N)s1. The molecule has 0 spiro atoms. The lowest BCUT2D eigenvalue weighted by Gasteiger charge is -2.05. The minimum atomic E-state index is -0.0496. The van der Waals surface area contributed by atoms with Gasteiger partial charge in [-0.1, -0.05) is 103 Å². The number of carbonyl (C=O) groups excluding carboxylic acids is 2. The van der Waals surface area contributed by atoms with Crippen molar-refractivity contribution in [1.29, 1.82) is 0 Å². The van der Waals surface area contributed by atoms with E-state index in [9.17, 15) is 9.59 Å². The van der Waals surface area contributed by atoms with Crippen LogP contribution in [0.25, 0.3) is 0 Å². The second-order valence-electron chi connectivity index (χ2n) is 13.0. The maximum atomic E-state index is 12.1. The zero-order valence-corrected chi connectivity index (χ0v) is 31.9. The van der Waals surface area contributed by atoms with E-state index in [-0.39, 0.29) is 23.7 Å². The van der Waals surface area contributed by atoms with E-state index in [2.05, 4.69) is 30.6 Å². The molecule has 0 saturated carbocycles. The van der Waals surface area contributed by atoms with E-state index in [0.29, 0.717) is 36.2 Å². The number of hydrogen-bond acceptors (Lipinski definition) is 10. The van der Waals surface area contributed by atoms with Gasteiger partial charge in [0.2, 0.25) is 11.8 Å². The molecule has 2 amide bonds. The molecule has 0 aliphatic carbocycles. The fourth-order valence-corrected chi connectivity index (χ4v) is 7.12. The number of unbranched alkanes of at least 4 members (excludes halogenated alkanes) is 17. The van der Waals surface area contributed by atoms with Crippen molar-refractivity contribution in [2.24, 2.45) is 21.5 Å². The molecule has 0 radical (unpaired) electrons. The average Bonchev–Trinajstić information content (AvgIpc) is 3.70. The van der Waals surface area contributed by atoms with E-state index in [0.717, 1.165) is 61.1 Å². The van der Waals surface area contributed by atoms with Crippen LogP contribution in [0.1, 0.15) is 151 Å². The van der Waals surface area contributed by atoms with Gasteiger partial charge in [-0.25, -0.2) is 9.97 Å². The minimum absolute atomic E-state index is 0.0496. The Hall–Kier alpha value is -3.26. The molecule has 0 fully saturated rings. The number of nitrogen functional groups attached to an aromatic ring is 2. The molecule has 0 atom stereocenters. The molecule has 0 unspecified atom stereocenters. The first-order valence-electron chi connectivity index (χ1n) is 18.9. The van der Waals surface area contributed by atoms with Crippen LogP contribution < -0.4 is 33.6 Å². The molecule has 0 aliphatic heterocycles. The maximum Gasteiger partial charge on any atom is 0.226 e. The standard InChI is InChI=1S/C36H64N10O2S2/c37-33(41-25-19-21-29-27-43-35(39)49-29)45-31(47)23-17-15-13-11-9-7-5-3-1-2-4-6-8-10-12-14-16-18-24-32(48)46-34(38)42-26-20-22-30-28-44-36(40)50-30/h27-28H,1-26H2,(H2,39,43)(H2,40,44)(H3,37,41,45,47)(H3,38,42,46,48). The molecule has 2 aromatic heterocycles. The molecule has 10 N–H and O–H groups in total. The highest BCUT2D eigenvalue weighted by atomic mass is 32.1. The van der Waals surface area contributed by atoms with E-state index < -0.39 is 0 Å². The van der Waals surface area contributed by atoms with Crippen LogP contribution in [0.15, 0.2) is 22.4 Å². The third kappa shape index (κ3) is 24.0. The molecule has 2 heterocycles. The molecule has 0 aromatic carbocycles. The smallest absolute Gasteiger partial charge is 0.226 e. The summed E-state index contributed by atoms with van der Waals surface area (Å²) in [6, 6.07) is 0. The van der Waals surface area contributed by atoms with Gasteiger partial charge in [-0.15, -0.1) is 22.7 Å². The van der Waals surface area contributed by atoms with E-state index >= 15 is 0 Å². The lowest BCUT2D eigenvalue weighted by Crippen LogP contribution is -2.36. The lowest BCUT2D eigenvalue weighted by atomic mass is 10.0. The molecule has 12 nitrogen and oxygen atoms in total. The summed E-state index contributed by atoms with van der Waals surface area (Å²) in [5.74, 6) is 0.313. The number of carbonyl (C=O) groups is 2. The monoisotopic (exact) mass is 732 g/mol. The topological polar surface area (TPSA) is 213 Å². The number of hydrogen-bond donors (Lipinski definition) is 6. The Morgan fingerprint density at radius 3 is 1.10 bits per heavy atom. The number of aliphatic imine (C=N–C) groups is 2. The second-order valence-corrected chi connectivity index (χ2v) is 15.3. The third-order valence-corrected chi connectivity index (χ3v) is 10.2. The number of nitrogens with one attached hydrogen (secondary N) is 2. The number of amides is 2. The van der Waals surface area contributed by atoms with Crippen LogP contribution in [0, 0.1) is 0 Å². The summed E-state index contributed by atoms with van der Waals surface area (Å²) in [5, 5.41) is 6.56. The summed E-state index contributed by atoms with van der Waals surface area (Å²) in [7, 11) is 0. The predicted octanol–water partition coefficient (Wildman–Crippen LogP) is 6.99. The Morgan fingerprint density at radius 2 is 0.820 bits per heavy atom. The van der Waals surface area contributed by atoms with Crippen molar-refractivity contribution in [2.45, 2.75) is 154 Å². The van der Waals surface area contributed by atoms with E-state index in [1.165, 1.54) is 113 Å². The number of nitrogens with zero attached hydrogens (tertiary/aromatic N) is 4. The fraction of sp³-hybridized carbons (Fsp3) is 0.722. The first-order chi connectivity index (χ1) is 24.3. The number of thiazole rings is 2. The van der Waals surface area contributed by atoms with Gasteiger partial charge in [0.05, 0.1) is 0 Å². The third-order valence-electron chi connectivity index (χ3n) is 8.46. The first kappa shape index (κ1) is 42.9. The zero-order chi connectivity index (χ0) is 36.1. The Labute approximate surface area is 308 Å². The molecule has 282 valence electrons. The normalized spacial score (nSPS) is 12.0. The number of nitrogens with two attached hydrogens (primary N) is 4. The van der Waals surface area contributed by atoms with Crippen LogP contribution in [0.4, 0.5) is 10.3 Å². The molecule has 14 heteroatoms. The molecular weight excluding hydrogens is 669 g/mol. The van der Waals surface area contributed by atoms with E-state index in [1.54, 1.807) is 12.4 Å². The number of rotatable bonds is 29. The number of aryl methyl sites for hydroxylation is 2. The summed E-state index contributed by atoms with van der Waals surface area (Å²) in [6.07, 6.45) is 30.1. The van der Waals surface area contributed by atoms with Gasteiger partial charge in [0.25, 0.3) is 0 Å². The van der Waals surface area contributed by atoms with Crippen LogP contribution in [-0.4, -0.2) is 46.8 Å². The second kappa shape index (κ2) is 28.4. The summed E-state index contributed by atoms with van der Waals surface area (Å²) in [5.41, 5.74) is 23.0. The van der Waals surface area contributed by atoms with Gasteiger partial charge in [-0.3, -0.25) is 30.2 Å². The highest BCUT2D eigenvalue weighted by molar-refractivity contribution is 7.15.